The highest BCUT2D eigenvalue weighted by Gasteiger charge is 2.21. The number of anilines is 4. The van der Waals surface area contributed by atoms with Crippen molar-refractivity contribution in [3.05, 3.63) is 71.2 Å². The third-order valence-corrected chi connectivity index (χ3v) is 7.57. The summed E-state index contributed by atoms with van der Waals surface area (Å²) in [4.78, 5) is 37.3. The third kappa shape index (κ3) is 6.84. The summed E-state index contributed by atoms with van der Waals surface area (Å²) in [5.74, 6) is 0.894. The van der Waals surface area contributed by atoms with Crippen LogP contribution in [0.1, 0.15) is 15.2 Å². The number of benzene rings is 2. The number of nitrogens with one attached hydrogen (secondary N) is 2. The second-order valence-corrected chi connectivity index (χ2v) is 10.9. The minimum Gasteiger partial charge on any atom is -0.395 e. The Morgan fingerprint density at radius 2 is 1.79 bits per heavy atom. The van der Waals surface area contributed by atoms with Crippen molar-refractivity contribution in [2.75, 3.05) is 54.9 Å². The molecule has 5 rings (SSSR count). The van der Waals surface area contributed by atoms with Crippen LogP contribution in [0.5, 0.6) is 0 Å². The number of aromatic nitrogens is 4. The minimum absolute atomic E-state index is 0.152. The van der Waals surface area contributed by atoms with Gasteiger partial charge in [0.2, 0.25) is 11.9 Å². The molecule has 0 atom stereocenters. The predicted molar refractivity (Wildman–Crippen MR) is 151 cm³/mol. The molecule has 0 aliphatic carbocycles. The van der Waals surface area contributed by atoms with Gasteiger partial charge in [-0.2, -0.15) is 15.0 Å². The molecule has 196 valence electrons. The highest BCUT2D eigenvalue weighted by molar-refractivity contribution is 7.99. The fourth-order valence-electron chi connectivity index (χ4n) is 3.91. The molecule has 3 N–H and O–H groups in total. The normalized spacial score (nSPS) is 13.9. The van der Waals surface area contributed by atoms with E-state index in [-0.39, 0.29) is 12.5 Å². The molecule has 0 spiro atoms. The minimum atomic E-state index is -0.152. The SMILES string of the molecule is Cc1cnc(Nc2nc(Sc3ccc(NC(=O)c4ccccc4)cc3)nc(N3CCN(CCO)CC3)n2)s1. The van der Waals surface area contributed by atoms with E-state index < -0.39 is 0 Å². The molecule has 0 radical (unpaired) electrons. The molecule has 0 bridgehead atoms. The molecule has 1 aliphatic heterocycles. The number of aryl methyl sites for hydroxylation is 1. The van der Waals surface area contributed by atoms with Crippen molar-refractivity contribution in [3.8, 4) is 0 Å². The van der Waals surface area contributed by atoms with E-state index in [2.05, 4.69) is 35.4 Å². The van der Waals surface area contributed by atoms with E-state index in [1.165, 1.54) is 23.1 Å². The van der Waals surface area contributed by atoms with Gasteiger partial charge in [-0.3, -0.25) is 15.0 Å². The number of rotatable bonds is 9. The van der Waals surface area contributed by atoms with Crippen LogP contribution < -0.4 is 15.5 Å². The van der Waals surface area contributed by atoms with Crippen molar-refractivity contribution >= 4 is 51.7 Å². The summed E-state index contributed by atoms with van der Waals surface area (Å²) < 4.78 is 0. The zero-order chi connectivity index (χ0) is 26.3. The number of β-amino-alcohol motifs (C(OH)–C–C–N with tert-alkyl or cyclic N) is 1. The first-order chi connectivity index (χ1) is 18.6. The lowest BCUT2D eigenvalue weighted by Gasteiger charge is -2.34. The van der Waals surface area contributed by atoms with E-state index >= 15 is 0 Å². The Morgan fingerprint density at radius 1 is 1.03 bits per heavy atom. The van der Waals surface area contributed by atoms with Gasteiger partial charge >= 0.3 is 0 Å². The van der Waals surface area contributed by atoms with Gasteiger partial charge in [-0.05, 0) is 55.1 Å². The van der Waals surface area contributed by atoms with Crippen LogP contribution >= 0.6 is 23.1 Å². The fourth-order valence-corrected chi connectivity index (χ4v) is 5.31. The summed E-state index contributed by atoms with van der Waals surface area (Å²) >= 11 is 2.96. The van der Waals surface area contributed by atoms with Crippen molar-refractivity contribution < 1.29 is 9.90 Å². The zero-order valence-corrected chi connectivity index (χ0v) is 22.5. The molecular formula is C26H28N8O2S2. The van der Waals surface area contributed by atoms with Crippen LogP contribution in [0, 0.1) is 6.92 Å². The summed E-state index contributed by atoms with van der Waals surface area (Å²) in [7, 11) is 0. The maximum Gasteiger partial charge on any atom is 0.255 e. The Labute approximate surface area is 229 Å². The van der Waals surface area contributed by atoms with E-state index in [4.69, 9.17) is 4.98 Å². The van der Waals surface area contributed by atoms with E-state index in [9.17, 15) is 9.90 Å². The smallest absolute Gasteiger partial charge is 0.255 e. The summed E-state index contributed by atoms with van der Waals surface area (Å²) in [6.45, 7) is 6.02. The average molecular weight is 549 g/mol. The number of nitrogens with zero attached hydrogens (tertiary/aromatic N) is 6. The van der Waals surface area contributed by atoms with Crippen LogP contribution in [0.3, 0.4) is 0 Å². The van der Waals surface area contributed by atoms with Crippen LogP contribution in [-0.2, 0) is 0 Å². The molecule has 10 nitrogen and oxygen atoms in total. The molecule has 1 amide bonds. The number of hydrogen-bond donors (Lipinski definition) is 3. The highest BCUT2D eigenvalue weighted by Crippen LogP contribution is 2.29. The van der Waals surface area contributed by atoms with E-state index in [1.807, 2.05) is 55.6 Å². The molecule has 38 heavy (non-hydrogen) atoms. The molecule has 2 aromatic carbocycles. The maximum atomic E-state index is 12.4. The third-order valence-electron chi connectivity index (χ3n) is 5.87. The molecule has 1 fully saturated rings. The van der Waals surface area contributed by atoms with Gasteiger partial charge < -0.3 is 15.3 Å². The number of aliphatic hydroxyl groups excluding tert-OH is 1. The first kappa shape index (κ1) is 26.0. The lowest BCUT2D eigenvalue weighted by molar-refractivity contribution is 0.102. The average Bonchev–Trinajstić information content (AvgIpc) is 3.35. The standard InChI is InChI=1S/C26H28N8O2S2/c1-18-17-27-25(37-18)30-23-29-24(34-13-11-33(12-14-34)15-16-35)32-26(31-23)38-21-9-7-20(8-10-21)28-22(36)19-5-3-2-4-6-19/h2-10,17,35H,11-16H2,1H3,(H,28,36)(H,27,29,30,31,32). The van der Waals surface area contributed by atoms with Gasteiger partial charge in [0.25, 0.3) is 5.91 Å². The number of amides is 1. The van der Waals surface area contributed by atoms with Crippen LogP contribution in [0.2, 0.25) is 0 Å². The fraction of sp³-hybridized carbons (Fsp3) is 0.269. The van der Waals surface area contributed by atoms with Gasteiger partial charge in [-0.1, -0.05) is 18.2 Å². The predicted octanol–water partition coefficient (Wildman–Crippen LogP) is 3.90. The molecule has 1 saturated heterocycles. The molecule has 12 heteroatoms. The summed E-state index contributed by atoms with van der Waals surface area (Å²) in [5.41, 5.74) is 1.32. The zero-order valence-electron chi connectivity index (χ0n) is 20.9. The van der Waals surface area contributed by atoms with Gasteiger partial charge in [-0.15, -0.1) is 11.3 Å². The van der Waals surface area contributed by atoms with Crippen molar-refractivity contribution in [3.63, 3.8) is 0 Å². The number of piperazine rings is 1. The van der Waals surface area contributed by atoms with Crippen LogP contribution in [0.4, 0.5) is 22.7 Å². The van der Waals surface area contributed by atoms with Crippen LogP contribution in [0.25, 0.3) is 0 Å². The van der Waals surface area contributed by atoms with Crippen LogP contribution in [-0.4, -0.2) is 75.2 Å². The number of carbonyl (C=O) groups is 1. The Balaban J connectivity index is 1.32. The van der Waals surface area contributed by atoms with Gasteiger partial charge in [-0.25, -0.2) is 4.98 Å². The van der Waals surface area contributed by atoms with Crippen molar-refractivity contribution in [2.45, 2.75) is 17.0 Å². The lowest BCUT2D eigenvalue weighted by Crippen LogP contribution is -2.47. The first-order valence-electron chi connectivity index (χ1n) is 12.2. The Hall–Kier alpha value is -3.58. The van der Waals surface area contributed by atoms with E-state index in [0.29, 0.717) is 34.8 Å². The molecule has 3 heterocycles. The lowest BCUT2D eigenvalue weighted by atomic mass is 10.2. The quantitative estimate of drug-likeness (QED) is 0.284. The molecule has 1 aliphatic rings. The van der Waals surface area contributed by atoms with Crippen molar-refractivity contribution in [1.29, 1.82) is 0 Å². The van der Waals surface area contributed by atoms with Gasteiger partial charge in [0, 0.05) is 59.9 Å². The summed E-state index contributed by atoms with van der Waals surface area (Å²) in [6.07, 6.45) is 1.81. The maximum absolute atomic E-state index is 12.4. The van der Waals surface area contributed by atoms with Gasteiger partial charge in [0.1, 0.15) is 0 Å². The Kier molecular flexibility index (Phi) is 8.44. The monoisotopic (exact) mass is 548 g/mol. The van der Waals surface area contributed by atoms with Crippen LogP contribution in [0.15, 0.2) is 70.8 Å². The van der Waals surface area contributed by atoms with Crippen molar-refractivity contribution in [1.82, 2.24) is 24.8 Å². The highest BCUT2D eigenvalue weighted by atomic mass is 32.2. The summed E-state index contributed by atoms with van der Waals surface area (Å²) in [6, 6.07) is 16.7. The van der Waals surface area contributed by atoms with Gasteiger partial charge in [0.15, 0.2) is 10.3 Å². The Bertz CT molecular complexity index is 1360. The molecule has 0 saturated carbocycles. The first-order valence-corrected chi connectivity index (χ1v) is 13.9. The molecular weight excluding hydrogens is 520 g/mol. The van der Waals surface area contributed by atoms with Gasteiger partial charge in [0.05, 0.1) is 6.61 Å². The number of hydrogen-bond acceptors (Lipinski definition) is 11. The molecule has 4 aromatic rings. The number of carbonyl (C=O) groups excluding carboxylic acids is 1. The number of aliphatic hydroxyl groups is 1. The molecule has 2 aromatic heterocycles. The second-order valence-electron chi connectivity index (χ2n) is 8.64. The number of thiazole rings is 1. The summed E-state index contributed by atoms with van der Waals surface area (Å²) in [5, 5.41) is 16.7. The molecule has 0 unspecified atom stereocenters. The van der Waals surface area contributed by atoms with E-state index in [1.54, 1.807) is 12.1 Å². The van der Waals surface area contributed by atoms with E-state index in [0.717, 1.165) is 41.1 Å². The largest absolute Gasteiger partial charge is 0.395 e. The second kappa shape index (κ2) is 12.3. The topological polar surface area (TPSA) is 119 Å². The Morgan fingerprint density at radius 3 is 2.47 bits per heavy atom. The van der Waals surface area contributed by atoms with Crippen molar-refractivity contribution in [2.24, 2.45) is 0 Å².